The van der Waals surface area contributed by atoms with Gasteiger partial charge >= 0.3 is 0 Å². The van der Waals surface area contributed by atoms with Gasteiger partial charge in [0.25, 0.3) is 0 Å². The Morgan fingerprint density at radius 3 is 2.27 bits per heavy atom. The summed E-state index contributed by atoms with van der Waals surface area (Å²) in [6.45, 7) is 11.3. The molecular weight excluding hydrogens is 566 g/mol. The maximum atomic E-state index is 14.9. The molecule has 8 heteroatoms. The smallest absolute Gasteiger partial charge is 0.165 e. The second-order valence-electron chi connectivity index (χ2n) is 10.6. The maximum absolute atomic E-state index is 14.9. The summed E-state index contributed by atoms with van der Waals surface area (Å²) in [6.07, 6.45) is 7.09. The molecular formula is C33H47ClF2O4S. The van der Waals surface area contributed by atoms with E-state index in [-0.39, 0.29) is 47.0 Å². The molecule has 0 amide bonds. The highest BCUT2D eigenvalue weighted by atomic mass is 35.5. The van der Waals surface area contributed by atoms with E-state index < -0.39 is 11.6 Å². The van der Waals surface area contributed by atoms with Crippen molar-refractivity contribution in [2.75, 3.05) is 33.0 Å². The topological polar surface area (TPSA) is 36.9 Å². The van der Waals surface area contributed by atoms with Gasteiger partial charge in [0.2, 0.25) is 0 Å². The van der Waals surface area contributed by atoms with Crippen molar-refractivity contribution < 1.29 is 27.7 Å². The van der Waals surface area contributed by atoms with Crippen molar-refractivity contribution in [1.82, 2.24) is 0 Å². The van der Waals surface area contributed by atoms with Crippen LogP contribution in [0.3, 0.4) is 0 Å². The van der Waals surface area contributed by atoms with E-state index in [1.807, 2.05) is 30.0 Å². The number of unbranched alkanes of at least 4 members (excludes halogenated alkanes) is 3. The Bertz CT molecular complexity index is 1060. The predicted molar refractivity (Wildman–Crippen MR) is 166 cm³/mol. The van der Waals surface area contributed by atoms with Crippen LogP contribution in [0.15, 0.2) is 30.3 Å². The third-order valence-corrected chi connectivity index (χ3v) is 9.18. The van der Waals surface area contributed by atoms with E-state index in [0.717, 1.165) is 68.7 Å². The quantitative estimate of drug-likeness (QED) is 0.157. The van der Waals surface area contributed by atoms with E-state index in [4.69, 9.17) is 30.5 Å². The van der Waals surface area contributed by atoms with Crippen LogP contribution in [0.4, 0.5) is 8.78 Å². The monoisotopic (exact) mass is 612 g/mol. The van der Waals surface area contributed by atoms with Crippen LogP contribution < -0.4 is 4.74 Å². The highest BCUT2D eigenvalue weighted by Crippen LogP contribution is 2.46. The van der Waals surface area contributed by atoms with Crippen molar-refractivity contribution >= 4 is 23.4 Å². The van der Waals surface area contributed by atoms with E-state index in [9.17, 15) is 8.78 Å². The summed E-state index contributed by atoms with van der Waals surface area (Å²) in [5.74, 6) is -1.18. The van der Waals surface area contributed by atoms with Crippen molar-refractivity contribution in [3.63, 3.8) is 0 Å². The second kappa shape index (κ2) is 18.3. The molecule has 0 aliphatic carbocycles. The molecule has 0 radical (unpaired) electrons. The molecule has 0 bridgehead atoms. The molecule has 1 fully saturated rings. The van der Waals surface area contributed by atoms with Crippen molar-refractivity contribution in [3.05, 3.63) is 63.7 Å². The number of hydrogen-bond acceptors (Lipinski definition) is 5. The van der Waals surface area contributed by atoms with Crippen LogP contribution in [0.25, 0.3) is 0 Å². The summed E-state index contributed by atoms with van der Waals surface area (Å²) in [7, 11) is 0. The first-order valence-electron chi connectivity index (χ1n) is 15.3. The van der Waals surface area contributed by atoms with E-state index >= 15 is 0 Å². The normalized spacial score (nSPS) is 20.9. The molecule has 230 valence electrons. The molecule has 1 saturated heterocycles. The molecule has 2 aromatic carbocycles. The van der Waals surface area contributed by atoms with E-state index in [1.165, 1.54) is 6.07 Å². The molecule has 3 rings (SSSR count). The Kier molecular flexibility index (Phi) is 15.2. The van der Waals surface area contributed by atoms with E-state index in [0.29, 0.717) is 24.8 Å². The van der Waals surface area contributed by atoms with Crippen LogP contribution in [0.1, 0.15) is 94.6 Å². The summed E-state index contributed by atoms with van der Waals surface area (Å²) < 4.78 is 53.8. The van der Waals surface area contributed by atoms with Crippen LogP contribution in [0, 0.1) is 11.6 Å². The van der Waals surface area contributed by atoms with Crippen LogP contribution in [-0.2, 0) is 20.6 Å². The summed E-state index contributed by atoms with van der Waals surface area (Å²) >= 11 is 8.48. The lowest BCUT2D eigenvalue weighted by molar-refractivity contribution is -0.0841. The van der Waals surface area contributed by atoms with Gasteiger partial charge in [0, 0.05) is 42.6 Å². The van der Waals surface area contributed by atoms with Gasteiger partial charge < -0.3 is 18.9 Å². The number of ether oxygens (including phenoxy) is 4. The van der Waals surface area contributed by atoms with Crippen LogP contribution in [0.5, 0.6) is 5.75 Å². The summed E-state index contributed by atoms with van der Waals surface area (Å²) in [6, 6.07) is 8.22. The van der Waals surface area contributed by atoms with Gasteiger partial charge in [-0.05, 0) is 61.4 Å². The molecule has 41 heavy (non-hydrogen) atoms. The van der Waals surface area contributed by atoms with Gasteiger partial charge in [0.1, 0.15) is 5.82 Å². The van der Waals surface area contributed by atoms with Crippen molar-refractivity contribution in [1.29, 1.82) is 0 Å². The fourth-order valence-corrected chi connectivity index (χ4v) is 6.74. The Balaban J connectivity index is 1.91. The Labute approximate surface area is 254 Å². The number of halogens is 3. The molecule has 0 saturated carbocycles. The first-order valence-corrected chi connectivity index (χ1v) is 16.6. The largest absolute Gasteiger partial charge is 0.491 e. The third-order valence-electron chi connectivity index (χ3n) is 7.26. The van der Waals surface area contributed by atoms with Gasteiger partial charge in [-0.2, -0.15) is 0 Å². The lowest BCUT2D eigenvalue weighted by Crippen LogP contribution is -2.44. The van der Waals surface area contributed by atoms with Gasteiger partial charge in [-0.25, -0.2) is 8.78 Å². The molecule has 0 spiro atoms. The molecule has 0 N–H and O–H groups in total. The molecule has 4 nitrogen and oxygen atoms in total. The molecule has 4 atom stereocenters. The zero-order valence-electron chi connectivity index (χ0n) is 25.1. The maximum Gasteiger partial charge on any atom is 0.165 e. The number of thioether (sulfide) groups is 1. The minimum Gasteiger partial charge on any atom is -0.491 e. The minimum atomic E-state index is -0.583. The molecule has 2 aromatic rings. The Hall–Kier alpha value is -1.38. The highest BCUT2D eigenvalue weighted by Gasteiger charge is 2.41. The average Bonchev–Trinajstić information content (AvgIpc) is 2.96. The predicted octanol–water partition coefficient (Wildman–Crippen LogP) is 9.34. The van der Waals surface area contributed by atoms with Crippen LogP contribution in [0.2, 0.25) is 5.02 Å². The Morgan fingerprint density at radius 2 is 1.56 bits per heavy atom. The van der Waals surface area contributed by atoms with E-state index in [1.54, 1.807) is 6.92 Å². The van der Waals surface area contributed by atoms with Crippen molar-refractivity contribution in [3.8, 4) is 5.75 Å². The number of rotatable bonds is 18. The van der Waals surface area contributed by atoms with Crippen molar-refractivity contribution in [2.24, 2.45) is 0 Å². The first-order chi connectivity index (χ1) is 19.9. The van der Waals surface area contributed by atoms with Crippen LogP contribution in [-0.4, -0.2) is 50.5 Å². The van der Waals surface area contributed by atoms with Gasteiger partial charge in [0.05, 0.1) is 30.7 Å². The van der Waals surface area contributed by atoms with Gasteiger partial charge in [0.15, 0.2) is 11.6 Å². The van der Waals surface area contributed by atoms with Gasteiger partial charge in [-0.1, -0.05) is 63.8 Å². The van der Waals surface area contributed by atoms with Crippen molar-refractivity contribution in [2.45, 2.75) is 102 Å². The molecule has 0 aromatic heterocycles. The molecule has 1 aliphatic heterocycles. The van der Waals surface area contributed by atoms with Crippen LogP contribution >= 0.6 is 23.4 Å². The average molecular weight is 613 g/mol. The molecule has 1 aliphatic rings. The fraction of sp³-hybridized carbons (Fsp3) is 0.636. The summed E-state index contributed by atoms with van der Waals surface area (Å²) in [4.78, 5) is 0. The first kappa shape index (κ1) is 34.1. The highest BCUT2D eigenvalue weighted by molar-refractivity contribution is 8.00. The SMILES string of the molecule is CCCCOC[C@@H]1C[C@H](OCCCC)[C@@H](OCCCC)[C@H](c2ccc(Cl)c(Cc3cc(F)c(OCC)cc3F)c2)S1. The third kappa shape index (κ3) is 10.4. The standard InChI is InChI=1S/C33H47ClF2O4S/c1-5-9-14-37-22-26-20-31(39-15-10-6-2)32(40-16-11-7-3)33(41-26)23-12-13-27(34)24(17-23)18-25-19-29(36)30(38-8-4)21-28(25)35/h12-13,17,19,21,26,31-33H,5-11,14-16,18,20,22H2,1-4H3/t26-,31-,32+,33-/m0/s1. The molecule has 1 heterocycles. The molecule has 0 unspecified atom stereocenters. The van der Waals surface area contributed by atoms with Gasteiger partial charge in [-0.3, -0.25) is 0 Å². The summed E-state index contributed by atoms with van der Waals surface area (Å²) in [5, 5.41) is 0.762. The lowest BCUT2D eigenvalue weighted by atomic mass is 9.95. The van der Waals surface area contributed by atoms with Gasteiger partial charge in [-0.15, -0.1) is 11.8 Å². The minimum absolute atomic E-state index is 0.00932. The zero-order chi connectivity index (χ0) is 29.6. The van der Waals surface area contributed by atoms with E-state index in [2.05, 4.69) is 20.8 Å². The fourth-order valence-electron chi connectivity index (χ4n) is 4.95. The lowest BCUT2D eigenvalue weighted by Gasteiger charge is -2.41. The Morgan fingerprint density at radius 1 is 0.854 bits per heavy atom. The number of hydrogen-bond donors (Lipinski definition) is 0. The number of benzene rings is 2. The summed E-state index contributed by atoms with van der Waals surface area (Å²) in [5.41, 5.74) is 2.02. The second-order valence-corrected chi connectivity index (χ2v) is 12.5. The zero-order valence-corrected chi connectivity index (χ0v) is 26.6.